The molecule has 3 rings (SSSR count). The van der Waals surface area contributed by atoms with Crippen LogP contribution in [0.4, 0.5) is 4.39 Å². The number of nitrogens with one attached hydrogen (secondary N) is 2. The second-order valence-electron chi connectivity index (χ2n) is 5.84. The van der Waals surface area contributed by atoms with Crippen molar-refractivity contribution >= 4 is 22.6 Å². The van der Waals surface area contributed by atoms with Gasteiger partial charge in [-0.05, 0) is 50.3 Å². The number of amides is 1. The van der Waals surface area contributed by atoms with E-state index in [0.29, 0.717) is 17.4 Å². The molecule has 1 aliphatic carbocycles. The van der Waals surface area contributed by atoms with Crippen LogP contribution in [0.15, 0.2) is 36.0 Å². The first-order valence-corrected chi connectivity index (χ1v) is 7.92. The van der Waals surface area contributed by atoms with Gasteiger partial charge in [-0.1, -0.05) is 11.6 Å². The lowest BCUT2D eigenvalue weighted by Crippen LogP contribution is -2.31. The van der Waals surface area contributed by atoms with Gasteiger partial charge in [0.05, 0.1) is 5.56 Å². The Bertz CT molecular complexity index is 776. The molecule has 0 spiro atoms. The van der Waals surface area contributed by atoms with Crippen molar-refractivity contribution < 1.29 is 14.0 Å². The van der Waals surface area contributed by atoms with Crippen LogP contribution in [-0.2, 0) is 4.79 Å². The zero-order valence-electron chi connectivity index (χ0n) is 12.8. The molecule has 23 heavy (non-hydrogen) atoms. The Labute approximate surface area is 133 Å². The summed E-state index contributed by atoms with van der Waals surface area (Å²) in [6.07, 6.45) is 9.09. The van der Waals surface area contributed by atoms with E-state index in [4.69, 9.17) is 0 Å². The van der Waals surface area contributed by atoms with Crippen molar-refractivity contribution in [2.45, 2.75) is 32.1 Å². The number of benzene rings is 1. The molecular weight excluding hydrogens is 295 g/mol. The van der Waals surface area contributed by atoms with E-state index in [0.717, 1.165) is 19.3 Å². The highest BCUT2D eigenvalue weighted by Crippen LogP contribution is 2.21. The summed E-state index contributed by atoms with van der Waals surface area (Å²) in [7, 11) is 0. The lowest BCUT2D eigenvalue weighted by molar-refractivity contribution is -0.116. The van der Waals surface area contributed by atoms with Gasteiger partial charge in [-0.25, -0.2) is 4.39 Å². The topological polar surface area (TPSA) is 62.0 Å². The smallest absolute Gasteiger partial charge is 0.292 e. The number of Topliss-reactive ketones (excluding diaryl/α,β-unsaturated/α-hetero) is 1. The van der Waals surface area contributed by atoms with E-state index < -0.39 is 11.7 Å². The molecule has 1 aromatic carbocycles. The van der Waals surface area contributed by atoms with Gasteiger partial charge in [0.1, 0.15) is 5.82 Å². The maximum atomic E-state index is 13.2. The summed E-state index contributed by atoms with van der Waals surface area (Å²) in [5.74, 6) is -1.60. The predicted molar refractivity (Wildman–Crippen MR) is 86.8 cm³/mol. The fraction of sp³-hybridized carbons (Fsp3) is 0.333. The van der Waals surface area contributed by atoms with Crippen molar-refractivity contribution in [2.75, 3.05) is 6.54 Å². The van der Waals surface area contributed by atoms with Crippen LogP contribution in [0.3, 0.4) is 0 Å². The minimum Gasteiger partial charge on any atom is -0.360 e. The molecule has 0 fully saturated rings. The normalized spacial score (nSPS) is 14.6. The van der Waals surface area contributed by atoms with Gasteiger partial charge in [0.25, 0.3) is 11.7 Å². The zero-order chi connectivity index (χ0) is 16.2. The maximum absolute atomic E-state index is 13.2. The lowest BCUT2D eigenvalue weighted by atomic mass is 9.97. The molecule has 2 N–H and O–H groups in total. The Morgan fingerprint density at radius 3 is 2.91 bits per heavy atom. The fourth-order valence-electron chi connectivity index (χ4n) is 2.96. The zero-order valence-corrected chi connectivity index (χ0v) is 12.8. The molecule has 120 valence electrons. The molecule has 1 heterocycles. The third kappa shape index (κ3) is 3.50. The van der Waals surface area contributed by atoms with Crippen molar-refractivity contribution in [1.29, 1.82) is 0 Å². The number of fused-ring (bicyclic) bond motifs is 1. The minimum atomic E-state index is -0.619. The second-order valence-corrected chi connectivity index (χ2v) is 5.84. The minimum absolute atomic E-state index is 0.273. The van der Waals surface area contributed by atoms with E-state index in [1.165, 1.54) is 42.8 Å². The first-order chi connectivity index (χ1) is 11.1. The van der Waals surface area contributed by atoms with E-state index >= 15 is 0 Å². The number of hydrogen-bond donors (Lipinski definition) is 2. The van der Waals surface area contributed by atoms with Crippen molar-refractivity contribution in [3.8, 4) is 0 Å². The SMILES string of the molecule is O=C(NCCC1=CCCCC1)C(=O)c1c[nH]c2cc(F)ccc12. The number of carbonyl (C=O) groups excluding carboxylic acids is 2. The van der Waals surface area contributed by atoms with Gasteiger partial charge in [-0.15, -0.1) is 0 Å². The molecule has 0 aliphatic heterocycles. The number of rotatable bonds is 5. The summed E-state index contributed by atoms with van der Waals surface area (Å²) in [6.45, 7) is 0.466. The van der Waals surface area contributed by atoms with Crippen molar-refractivity contribution in [1.82, 2.24) is 10.3 Å². The Balaban J connectivity index is 1.62. The van der Waals surface area contributed by atoms with Crippen molar-refractivity contribution in [3.63, 3.8) is 0 Å². The molecule has 1 aromatic heterocycles. The summed E-state index contributed by atoms with van der Waals surface area (Å²) in [5, 5.41) is 3.23. The number of H-pyrrole nitrogens is 1. The molecule has 0 unspecified atom stereocenters. The predicted octanol–water partition coefficient (Wildman–Crippen LogP) is 3.50. The Hall–Kier alpha value is -2.43. The maximum Gasteiger partial charge on any atom is 0.292 e. The third-order valence-electron chi connectivity index (χ3n) is 4.21. The Kier molecular flexibility index (Phi) is 4.55. The lowest BCUT2D eigenvalue weighted by Gasteiger charge is -2.12. The first-order valence-electron chi connectivity index (χ1n) is 7.92. The monoisotopic (exact) mass is 314 g/mol. The number of aromatic amines is 1. The molecule has 0 saturated carbocycles. The molecule has 2 aromatic rings. The Morgan fingerprint density at radius 1 is 1.26 bits per heavy atom. The summed E-state index contributed by atoms with van der Waals surface area (Å²) < 4.78 is 13.2. The van der Waals surface area contributed by atoms with Gasteiger partial charge >= 0.3 is 0 Å². The molecule has 1 amide bonds. The van der Waals surface area contributed by atoms with Crippen molar-refractivity contribution in [3.05, 3.63) is 47.4 Å². The molecule has 4 nitrogen and oxygen atoms in total. The van der Waals surface area contributed by atoms with E-state index in [-0.39, 0.29) is 11.4 Å². The van der Waals surface area contributed by atoms with E-state index in [9.17, 15) is 14.0 Å². The number of halogens is 1. The van der Waals surface area contributed by atoms with Gasteiger partial charge in [-0.3, -0.25) is 9.59 Å². The Morgan fingerprint density at radius 2 is 2.13 bits per heavy atom. The average molecular weight is 314 g/mol. The van der Waals surface area contributed by atoms with Crippen LogP contribution in [0.25, 0.3) is 10.9 Å². The summed E-state index contributed by atoms with van der Waals surface area (Å²) in [6, 6.07) is 4.09. The number of allylic oxidation sites excluding steroid dienone is 1. The van der Waals surface area contributed by atoms with Gasteiger partial charge in [-0.2, -0.15) is 0 Å². The van der Waals surface area contributed by atoms with Crippen LogP contribution >= 0.6 is 0 Å². The molecule has 5 heteroatoms. The number of aromatic nitrogens is 1. The summed E-state index contributed by atoms with van der Waals surface area (Å²) in [5.41, 5.74) is 2.13. The van der Waals surface area contributed by atoms with Gasteiger partial charge in [0.15, 0.2) is 0 Å². The van der Waals surface area contributed by atoms with E-state index in [1.54, 1.807) is 0 Å². The molecule has 0 saturated heterocycles. The van der Waals surface area contributed by atoms with Crippen LogP contribution in [-0.4, -0.2) is 23.2 Å². The highest BCUT2D eigenvalue weighted by atomic mass is 19.1. The molecule has 0 radical (unpaired) electrons. The van der Waals surface area contributed by atoms with Crippen LogP contribution in [0, 0.1) is 5.82 Å². The fourth-order valence-corrected chi connectivity index (χ4v) is 2.96. The molecular formula is C18H19FN2O2. The van der Waals surface area contributed by atoms with Crippen LogP contribution < -0.4 is 5.32 Å². The molecule has 0 bridgehead atoms. The highest BCUT2D eigenvalue weighted by molar-refractivity contribution is 6.44. The second kappa shape index (κ2) is 6.77. The van der Waals surface area contributed by atoms with Gasteiger partial charge in [0.2, 0.25) is 0 Å². The van der Waals surface area contributed by atoms with Crippen LogP contribution in [0.1, 0.15) is 42.5 Å². The van der Waals surface area contributed by atoms with Gasteiger partial charge < -0.3 is 10.3 Å². The molecule has 1 aliphatic rings. The van der Waals surface area contributed by atoms with Crippen molar-refractivity contribution in [2.24, 2.45) is 0 Å². The quantitative estimate of drug-likeness (QED) is 0.504. The number of ketones is 1. The van der Waals surface area contributed by atoms with E-state index in [1.807, 2.05) is 0 Å². The van der Waals surface area contributed by atoms with Gasteiger partial charge in [0, 0.05) is 23.6 Å². The molecule has 0 atom stereocenters. The number of carbonyl (C=O) groups is 2. The largest absolute Gasteiger partial charge is 0.360 e. The van der Waals surface area contributed by atoms with E-state index in [2.05, 4.69) is 16.4 Å². The standard InChI is InChI=1S/C18H19FN2O2/c19-13-6-7-14-15(11-21-16(14)10-13)17(22)18(23)20-9-8-12-4-2-1-3-5-12/h4,6-7,10-11,21H,1-3,5,8-9H2,(H,20,23). The third-order valence-corrected chi connectivity index (χ3v) is 4.21. The van der Waals surface area contributed by atoms with Crippen LogP contribution in [0.2, 0.25) is 0 Å². The number of hydrogen-bond acceptors (Lipinski definition) is 2. The van der Waals surface area contributed by atoms with Crippen LogP contribution in [0.5, 0.6) is 0 Å². The summed E-state index contributed by atoms with van der Waals surface area (Å²) in [4.78, 5) is 27.1. The first kappa shape index (κ1) is 15.5. The highest BCUT2D eigenvalue weighted by Gasteiger charge is 2.19. The average Bonchev–Trinajstić information content (AvgIpc) is 2.98. The summed E-state index contributed by atoms with van der Waals surface area (Å²) >= 11 is 0.